The molecule has 1 aromatic carbocycles. The molecule has 5 nitrogen and oxygen atoms in total. The highest BCUT2D eigenvalue weighted by Gasteiger charge is 2.07. The fourth-order valence-corrected chi connectivity index (χ4v) is 1.41. The van der Waals surface area contributed by atoms with Gasteiger partial charge in [-0.3, -0.25) is 0 Å². The normalized spacial score (nSPS) is 10.4. The standard InChI is InChI=1S/C12H19NO4/c1-14-10-6-5-9(7-11(10)15-2)13-8-12(16-3)17-4/h5-7,12-13H,8H2,1-4H3. The van der Waals surface area contributed by atoms with E-state index in [4.69, 9.17) is 18.9 Å². The largest absolute Gasteiger partial charge is 0.493 e. The number of hydrogen-bond acceptors (Lipinski definition) is 5. The van der Waals surface area contributed by atoms with Gasteiger partial charge in [0.25, 0.3) is 0 Å². The molecule has 1 aromatic rings. The SMILES string of the molecule is COc1ccc(NCC(OC)OC)cc1OC. The van der Waals surface area contributed by atoms with Crippen LogP contribution in [0.5, 0.6) is 11.5 Å². The first-order valence-corrected chi connectivity index (χ1v) is 5.26. The summed E-state index contributed by atoms with van der Waals surface area (Å²) in [5, 5.41) is 3.19. The lowest BCUT2D eigenvalue weighted by Gasteiger charge is -2.16. The molecule has 0 aliphatic carbocycles. The molecule has 0 saturated heterocycles. The zero-order valence-electron chi connectivity index (χ0n) is 10.6. The van der Waals surface area contributed by atoms with E-state index < -0.39 is 0 Å². The lowest BCUT2D eigenvalue weighted by molar-refractivity contribution is -0.0914. The van der Waals surface area contributed by atoms with Crippen molar-refractivity contribution in [3.05, 3.63) is 18.2 Å². The summed E-state index contributed by atoms with van der Waals surface area (Å²) in [7, 11) is 6.42. The molecule has 0 unspecified atom stereocenters. The van der Waals surface area contributed by atoms with E-state index in [0.29, 0.717) is 18.0 Å². The summed E-state index contributed by atoms with van der Waals surface area (Å²) in [5.74, 6) is 1.39. The molecule has 0 aliphatic rings. The predicted octanol–water partition coefficient (Wildman–Crippen LogP) is 1.73. The van der Waals surface area contributed by atoms with E-state index in [1.54, 1.807) is 28.4 Å². The van der Waals surface area contributed by atoms with Crippen LogP contribution in [0.2, 0.25) is 0 Å². The summed E-state index contributed by atoms with van der Waals surface area (Å²) in [4.78, 5) is 0. The molecule has 0 aliphatic heterocycles. The average Bonchev–Trinajstić information content (AvgIpc) is 2.39. The molecule has 0 fully saturated rings. The molecule has 0 atom stereocenters. The highest BCUT2D eigenvalue weighted by molar-refractivity contribution is 5.54. The number of anilines is 1. The molecule has 0 saturated carbocycles. The van der Waals surface area contributed by atoms with Crippen LogP contribution in [0.4, 0.5) is 5.69 Å². The van der Waals surface area contributed by atoms with E-state index in [9.17, 15) is 0 Å². The minimum atomic E-state index is -0.275. The molecular formula is C12H19NO4. The maximum absolute atomic E-state index is 5.21. The summed E-state index contributed by atoms with van der Waals surface area (Å²) in [6, 6.07) is 5.61. The molecule has 0 bridgehead atoms. The second kappa shape index (κ2) is 6.98. The summed E-state index contributed by atoms with van der Waals surface area (Å²) in [5.41, 5.74) is 0.918. The molecule has 96 valence electrons. The first-order chi connectivity index (χ1) is 8.24. The number of methoxy groups -OCH3 is 4. The van der Waals surface area contributed by atoms with Gasteiger partial charge in [-0.2, -0.15) is 0 Å². The number of hydrogen-bond donors (Lipinski definition) is 1. The Hall–Kier alpha value is -1.46. The van der Waals surface area contributed by atoms with Gasteiger partial charge in [-0.25, -0.2) is 0 Å². The molecule has 0 heterocycles. The van der Waals surface area contributed by atoms with Crippen LogP contribution in [0, 0.1) is 0 Å². The maximum Gasteiger partial charge on any atom is 0.173 e. The van der Waals surface area contributed by atoms with Gasteiger partial charge < -0.3 is 24.3 Å². The average molecular weight is 241 g/mol. The fraction of sp³-hybridized carbons (Fsp3) is 0.500. The van der Waals surface area contributed by atoms with Crippen LogP contribution in [0.25, 0.3) is 0 Å². The van der Waals surface area contributed by atoms with Gasteiger partial charge in [0.15, 0.2) is 17.8 Å². The predicted molar refractivity (Wildman–Crippen MR) is 65.8 cm³/mol. The topological polar surface area (TPSA) is 49.0 Å². The molecule has 1 rings (SSSR count). The van der Waals surface area contributed by atoms with Crippen LogP contribution >= 0.6 is 0 Å². The highest BCUT2D eigenvalue weighted by Crippen LogP contribution is 2.29. The van der Waals surface area contributed by atoms with Gasteiger partial charge >= 0.3 is 0 Å². The van der Waals surface area contributed by atoms with E-state index >= 15 is 0 Å². The van der Waals surface area contributed by atoms with Gasteiger partial charge in [0.05, 0.1) is 20.8 Å². The Labute approximate surface area is 102 Å². The first-order valence-electron chi connectivity index (χ1n) is 5.26. The number of rotatable bonds is 7. The lowest BCUT2D eigenvalue weighted by atomic mass is 10.2. The van der Waals surface area contributed by atoms with Crippen LogP contribution < -0.4 is 14.8 Å². The monoisotopic (exact) mass is 241 g/mol. The van der Waals surface area contributed by atoms with Crippen LogP contribution in [-0.4, -0.2) is 41.3 Å². The third kappa shape index (κ3) is 3.80. The molecular weight excluding hydrogens is 222 g/mol. The Morgan fingerprint density at radius 2 is 1.65 bits per heavy atom. The first kappa shape index (κ1) is 13.6. The van der Waals surface area contributed by atoms with Crippen molar-refractivity contribution in [3.8, 4) is 11.5 Å². The van der Waals surface area contributed by atoms with Crippen molar-refractivity contribution in [1.82, 2.24) is 0 Å². The van der Waals surface area contributed by atoms with E-state index in [0.717, 1.165) is 5.69 Å². The summed E-state index contributed by atoms with van der Waals surface area (Å²) in [6.45, 7) is 0.558. The maximum atomic E-state index is 5.21. The number of benzene rings is 1. The number of nitrogens with one attached hydrogen (secondary N) is 1. The van der Waals surface area contributed by atoms with Crippen LogP contribution in [0.15, 0.2) is 18.2 Å². The van der Waals surface area contributed by atoms with Crippen LogP contribution in [0.3, 0.4) is 0 Å². The van der Waals surface area contributed by atoms with Crippen LogP contribution in [0.1, 0.15) is 0 Å². The van der Waals surface area contributed by atoms with E-state index in [2.05, 4.69) is 5.32 Å². The molecule has 5 heteroatoms. The summed E-state index contributed by atoms with van der Waals surface area (Å²) in [6.07, 6.45) is -0.275. The Balaban J connectivity index is 2.66. The van der Waals surface area contributed by atoms with Crippen molar-refractivity contribution in [2.75, 3.05) is 40.3 Å². The molecule has 0 amide bonds. The Bertz CT molecular complexity index is 339. The van der Waals surface area contributed by atoms with Gasteiger partial charge in [0.2, 0.25) is 0 Å². The van der Waals surface area contributed by atoms with Gasteiger partial charge in [-0.15, -0.1) is 0 Å². The Morgan fingerprint density at radius 3 is 2.18 bits per heavy atom. The van der Waals surface area contributed by atoms with Gasteiger partial charge in [-0.05, 0) is 12.1 Å². The zero-order chi connectivity index (χ0) is 12.7. The van der Waals surface area contributed by atoms with Gasteiger partial charge in [0.1, 0.15) is 0 Å². The number of ether oxygens (including phenoxy) is 4. The van der Waals surface area contributed by atoms with Crippen molar-refractivity contribution in [2.45, 2.75) is 6.29 Å². The molecule has 0 spiro atoms. The van der Waals surface area contributed by atoms with Gasteiger partial charge in [0, 0.05) is 26.0 Å². The van der Waals surface area contributed by atoms with Crippen molar-refractivity contribution >= 4 is 5.69 Å². The van der Waals surface area contributed by atoms with Gasteiger partial charge in [-0.1, -0.05) is 0 Å². The second-order valence-electron chi connectivity index (χ2n) is 3.35. The van der Waals surface area contributed by atoms with E-state index in [1.807, 2.05) is 18.2 Å². The Kier molecular flexibility index (Phi) is 5.59. The van der Waals surface area contributed by atoms with E-state index in [-0.39, 0.29) is 6.29 Å². The quantitative estimate of drug-likeness (QED) is 0.737. The molecule has 1 N–H and O–H groups in total. The molecule has 0 aromatic heterocycles. The molecule has 0 radical (unpaired) electrons. The van der Waals surface area contributed by atoms with Crippen molar-refractivity contribution in [3.63, 3.8) is 0 Å². The van der Waals surface area contributed by atoms with Crippen molar-refractivity contribution < 1.29 is 18.9 Å². The van der Waals surface area contributed by atoms with E-state index in [1.165, 1.54) is 0 Å². The summed E-state index contributed by atoms with van der Waals surface area (Å²) < 4.78 is 20.5. The second-order valence-corrected chi connectivity index (χ2v) is 3.35. The molecule has 17 heavy (non-hydrogen) atoms. The highest BCUT2D eigenvalue weighted by atomic mass is 16.7. The fourth-order valence-electron chi connectivity index (χ4n) is 1.41. The zero-order valence-corrected chi connectivity index (χ0v) is 10.6. The third-order valence-corrected chi connectivity index (χ3v) is 2.38. The van der Waals surface area contributed by atoms with Crippen LogP contribution in [-0.2, 0) is 9.47 Å². The Morgan fingerprint density at radius 1 is 1.00 bits per heavy atom. The van der Waals surface area contributed by atoms with Crippen molar-refractivity contribution in [1.29, 1.82) is 0 Å². The summed E-state index contributed by atoms with van der Waals surface area (Å²) >= 11 is 0. The third-order valence-electron chi connectivity index (χ3n) is 2.38. The minimum absolute atomic E-state index is 0.275. The smallest absolute Gasteiger partial charge is 0.173 e. The van der Waals surface area contributed by atoms with Crippen molar-refractivity contribution in [2.24, 2.45) is 0 Å². The minimum Gasteiger partial charge on any atom is -0.493 e. The lowest BCUT2D eigenvalue weighted by Crippen LogP contribution is -2.23.